The average molecular weight is 373 g/mol. The van der Waals surface area contributed by atoms with Crippen molar-refractivity contribution in [3.05, 3.63) is 107 Å². The van der Waals surface area contributed by atoms with Gasteiger partial charge in [0.2, 0.25) is 0 Å². The molecule has 0 radical (unpaired) electrons. The summed E-state index contributed by atoms with van der Waals surface area (Å²) >= 11 is 0. The lowest BCUT2D eigenvalue weighted by Gasteiger charge is -2.17. The molecule has 3 aromatic rings. The van der Waals surface area contributed by atoms with Crippen LogP contribution in [0.3, 0.4) is 0 Å². The van der Waals surface area contributed by atoms with Gasteiger partial charge >= 0.3 is 0 Å². The highest BCUT2D eigenvalue weighted by Gasteiger charge is 2.12. The van der Waals surface area contributed by atoms with Gasteiger partial charge in [-0.15, -0.1) is 0 Å². The van der Waals surface area contributed by atoms with Gasteiger partial charge in [0.05, 0.1) is 6.61 Å². The van der Waals surface area contributed by atoms with Crippen molar-refractivity contribution in [1.29, 1.82) is 0 Å². The maximum absolute atomic E-state index is 5.73. The Morgan fingerprint density at radius 2 is 1.32 bits per heavy atom. The van der Waals surface area contributed by atoms with Crippen LogP contribution in [-0.2, 0) is 11.2 Å². The van der Waals surface area contributed by atoms with Crippen LogP contribution in [0.5, 0.6) is 5.75 Å². The molecule has 0 unspecified atom stereocenters. The Morgan fingerprint density at radius 1 is 0.714 bits per heavy atom. The topological polar surface area (TPSA) is 18.5 Å². The fraction of sp³-hybridized carbons (Fsp3) is 0.231. The molecule has 0 aliphatic carbocycles. The third-order valence-electron chi connectivity index (χ3n) is 4.80. The van der Waals surface area contributed by atoms with Crippen LogP contribution in [0, 0.1) is 0 Å². The molecule has 0 aliphatic rings. The van der Waals surface area contributed by atoms with E-state index in [-0.39, 0.29) is 0 Å². The number of methoxy groups -OCH3 is 1. The summed E-state index contributed by atoms with van der Waals surface area (Å²) in [7, 11) is 1.68. The third-order valence-corrected chi connectivity index (χ3v) is 4.80. The standard InChI is InChI=1S/C26H28O2/c1-3-22(20-21-10-6-4-7-11-21)26(23-12-8-5-9-13-23)24-14-16-25(17-15-24)28-19-18-27-2/h4-17H,3,18-20H2,1-2H3/b26-22-. The van der Waals surface area contributed by atoms with Crippen molar-refractivity contribution in [2.75, 3.05) is 20.3 Å². The highest BCUT2D eigenvalue weighted by atomic mass is 16.5. The molecule has 0 aliphatic heterocycles. The average Bonchev–Trinajstić information content (AvgIpc) is 2.76. The summed E-state index contributed by atoms with van der Waals surface area (Å²) in [6.45, 7) is 3.39. The van der Waals surface area contributed by atoms with Gasteiger partial charge in [-0.25, -0.2) is 0 Å². The zero-order valence-electron chi connectivity index (χ0n) is 16.7. The Bertz CT molecular complexity index is 865. The molecule has 0 atom stereocenters. The highest BCUT2D eigenvalue weighted by molar-refractivity contribution is 5.82. The molecule has 0 saturated heterocycles. The Hall–Kier alpha value is -2.84. The van der Waals surface area contributed by atoms with Crippen LogP contribution < -0.4 is 4.74 Å². The molecule has 0 fully saturated rings. The number of rotatable bonds is 9. The largest absolute Gasteiger partial charge is 0.491 e. The van der Waals surface area contributed by atoms with Crippen LogP contribution in [0.1, 0.15) is 30.0 Å². The maximum Gasteiger partial charge on any atom is 0.119 e. The molecule has 144 valence electrons. The predicted molar refractivity (Wildman–Crippen MR) is 117 cm³/mol. The minimum atomic E-state index is 0.561. The quantitative estimate of drug-likeness (QED) is 0.418. The van der Waals surface area contributed by atoms with Gasteiger partial charge in [0.25, 0.3) is 0 Å². The second kappa shape index (κ2) is 10.5. The molecule has 0 amide bonds. The summed E-state index contributed by atoms with van der Waals surface area (Å²) in [5.41, 5.74) is 6.56. The first-order valence-corrected chi connectivity index (χ1v) is 9.85. The lowest BCUT2D eigenvalue weighted by Crippen LogP contribution is -2.04. The van der Waals surface area contributed by atoms with E-state index in [1.165, 1.54) is 27.8 Å². The molecule has 28 heavy (non-hydrogen) atoms. The number of ether oxygens (including phenoxy) is 2. The predicted octanol–water partition coefficient (Wildman–Crippen LogP) is 6.17. The summed E-state index contributed by atoms with van der Waals surface area (Å²) in [6, 6.07) is 29.8. The summed E-state index contributed by atoms with van der Waals surface area (Å²) in [6.07, 6.45) is 1.96. The van der Waals surface area contributed by atoms with Crippen molar-refractivity contribution in [1.82, 2.24) is 0 Å². The lowest BCUT2D eigenvalue weighted by atomic mass is 9.88. The van der Waals surface area contributed by atoms with Crippen LogP contribution in [-0.4, -0.2) is 20.3 Å². The van der Waals surface area contributed by atoms with Crippen molar-refractivity contribution < 1.29 is 9.47 Å². The van der Waals surface area contributed by atoms with Gasteiger partial charge in [-0.2, -0.15) is 0 Å². The molecule has 3 aromatic carbocycles. The number of hydrogen-bond acceptors (Lipinski definition) is 2. The SMILES string of the molecule is CC/C(Cc1ccccc1)=C(\c1ccccc1)c1ccc(OCCOC)cc1. The Morgan fingerprint density at radius 3 is 1.93 bits per heavy atom. The van der Waals surface area contributed by atoms with Gasteiger partial charge in [-0.3, -0.25) is 0 Å². The van der Waals surface area contributed by atoms with Crippen LogP contribution >= 0.6 is 0 Å². The minimum absolute atomic E-state index is 0.561. The Balaban J connectivity index is 1.97. The first kappa shape index (κ1) is 19.9. The molecule has 3 rings (SSSR count). The van der Waals surface area contributed by atoms with E-state index < -0.39 is 0 Å². The molecule has 0 N–H and O–H groups in total. The van der Waals surface area contributed by atoms with Crippen molar-refractivity contribution in [2.24, 2.45) is 0 Å². The Kier molecular flexibility index (Phi) is 7.45. The highest BCUT2D eigenvalue weighted by Crippen LogP contribution is 2.31. The first-order chi connectivity index (χ1) is 13.8. The molecular formula is C26H28O2. The number of allylic oxidation sites excluding steroid dienone is 1. The molecular weight excluding hydrogens is 344 g/mol. The van der Waals surface area contributed by atoms with E-state index in [4.69, 9.17) is 9.47 Å². The van der Waals surface area contributed by atoms with Gasteiger partial charge < -0.3 is 9.47 Å². The van der Waals surface area contributed by atoms with E-state index in [9.17, 15) is 0 Å². The number of benzene rings is 3. The van der Waals surface area contributed by atoms with Crippen molar-refractivity contribution in [3.8, 4) is 5.75 Å². The fourth-order valence-electron chi connectivity index (χ4n) is 3.37. The molecule has 0 aromatic heterocycles. The summed E-state index contributed by atoms with van der Waals surface area (Å²) in [4.78, 5) is 0. The fourth-order valence-corrected chi connectivity index (χ4v) is 3.37. The van der Waals surface area contributed by atoms with Gasteiger partial charge in [0.1, 0.15) is 12.4 Å². The monoisotopic (exact) mass is 372 g/mol. The van der Waals surface area contributed by atoms with Crippen LogP contribution in [0.4, 0.5) is 0 Å². The normalized spacial score (nSPS) is 11.8. The molecule has 0 spiro atoms. The second-order valence-electron chi connectivity index (χ2n) is 6.73. The summed E-state index contributed by atoms with van der Waals surface area (Å²) in [5.74, 6) is 0.870. The molecule has 0 bridgehead atoms. The van der Waals surface area contributed by atoms with E-state index in [1.807, 2.05) is 12.1 Å². The van der Waals surface area contributed by atoms with Crippen molar-refractivity contribution in [2.45, 2.75) is 19.8 Å². The van der Waals surface area contributed by atoms with Crippen LogP contribution in [0.25, 0.3) is 5.57 Å². The van der Waals surface area contributed by atoms with E-state index in [1.54, 1.807) is 7.11 Å². The smallest absolute Gasteiger partial charge is 0.119 e. The Labute approximate surface area is 168 Å². The van der Waals surface area contributed by atoms with E-state index in [2.05, 4.69) is 79.7 Å². The minimum Gasteiger partial charge on any atom is -0.491 e. The zero-order chi connectivity index (χ0) is 19.6. The van der Waals surface area contributed by atoms with Crippen molar-refractivity contribution >= 4 is 5.57 Å². The van der Waals surface area contributed by atoms with Gasteiger partial charge in [-0.1, -0.05) is 85.3 Å². The number of hydrogen-bond donors (Lipinski definition) is 0. The van der Waals surface area contributed by atoms with E-state index >= 15 is 0 Å². The molecule has 0 heterocycles. The van der Waals surface area contributed by atoms with Gasteiger partial charge in [0, 0.05) is 7.11 Å². The summed E-state index contributed by atoms with van der Waals surface area (Å²) in [5, 5.41) is 0. The third kappa shape index (κ3) is 5.34. The summed E-state index contributed by atoms with van der Waals surface area (Å²) < 4.78 is 10.8. The van der Waals surface area contributed by atoms with Crippen LogP contribution in [0.15, 0.2) is 90.5 Å². The maximum atomic E-state index is 5.73. The van der Waals surface area contributed by atoms with Gasteiger partial charge in [0.15, 0.2) is 0 Å². The second-order valence-corrected chi connectivity index (χ2v) is 6.73. The van der Waals surface area contributed by atoms with E-state index in [0.29, 0.717) is 13.2 Å². The van der Waals surface area contributed by atoms with Crippen LogP contribution in [0.2, 0.25) is 0 Å². The molecule has 2 nitrogen and oxygen atoms in total. The molecule has 0 saturated carbocycles. The van der Waals surface area contributed by atoms with Crippen molar-refractivity contribution in [3.63, 3.8) is 0 Å². The zero-order valence-corrected chi connectivity index (χ0v) is 16.7. The van der Waals surface area contributed by atoms with E-state index in [0.717, 1.165) is 18.6 Å². The van der Waals surface area contributed by atoms with Gasteiger partial charge in [-0.05, 0) is 47.2 Å². The lowest BCUT2D eigenvalue weighted by molar-refractivity contribution is 0.146. The first-order valence-electron chi connectivity index (χ1n) is 9.85. The molecule has 2 heteroatoms.